The van der Waals surface area contributed by atoms with Gasteiger partial charge in [-0.05, 0) is 104 Å². The first kappa shape index (κ1) is 18.2. The molecule has 6 rings (SSSR count). The molecule has 2 atom stereocenters. The minimum absolute atomic E-state index is 0.146. The molecule has 2 unspecified atom stereocenters. The van der Waals surface area contributed by atoms with Crippen molar-refractivity contribution in [3.8, 4) is 0 Å². The summed E-state index contributed by atoms with van der Waals surface area (Å²) < 4.78 is 0. The molecule has 1 aromatic heterocycles. The number of pyridine rings is 1. The van der Waals surface area contributed by atoms with Crippen LogP contribution in [0, 0.1) is 24.2 Å². The third kappa shape index (κ3) is 2.95. The minimum atomic E-state index is -0.205. The summed E-state index contributed by atoms with van der Waals surface area (Å²) in [4.78, 5) is 17.5. The fourth-order valence-electron chi connectivity index (χ4n) is 6.94. The normalized spacial score (nSPS) is 33.1. The van der Waals surface area contributed by atoms with Crippen molar-refractivity contribution in [2.75, 3.05) is 0 Å². The number of nitrogens with one attached hydrogen (secondary N) is 1. The number of carbonyl (C=O) groups is 1. The molecule has 4 fully saturated rings. The number of halogens is 1. The smallest absolute Gasteiger partial charge is 0.226 e. The molecule has 1 amide bonds. The largest absolute Gasteiger partial charge is 0.352 e. The zero-order valence-electron chi connectivity index (χ0n) is 16.4. The Balaban J connectivity index is 1.43. The van der Waals surface area contributed by atoms with Crippen molar-refractivity contribution < 1.29 is 4.79 Å². The summed E-state index contributed by atoms with van der Waals surface area (Å²) in [5, 5.41) is 4.06. The van der Waals surface area contributed by atoms with Gasteiger partial charge in [0.05, 0.1) is 5.41 Å². The van der Waals surface area contributed by atoms with E-state index in [2.05, 4.69) is 29.4 Å². The van der Waals surface area contributed by atoms with Crippen molar-refractivity contribution in [3.63, 3.8) is 0 Å². The van der Waals surface area contributed by atoms with Crippen LogP contribution in [0.2, 0.25) is 5.02 Å². The predicted molar refractivity (Wildman–Crippen MR) is 111 cm³/mol. The summed E-state index contributed by atoms with van der Waals surface area (Å²) in [7, 11) is 0. The molecule has 1 N–H and O–H groups in total. The number of nitrogens with zero attached hydrogens (tertiary/aromatic N) is 1. The zero-order chi connectivity index (χ0) is 19.4. The lowest BCUT2D eigenvalue weighted by molar-refractivity contribution is -0.149. The van der Waals surface area contributed by atoms with Crippen molar-refractivity contribution in [2.24, 2.45) is 17.3 Å². The van der Waals surface area contributed by atoms with E-state index in [9.17, 15) is 4.79 Å². The van der Waals surface area contributed by atoms with Crippen LogP contribution in [0.3, 0.4) is 0 Å². The number of benzene rings is 1. The zero-order valence-corrected chi connectivity index (χ0v) is 17.1. The number of carbonyl (C=O) groups excluding carboxylic acids is 1. The molecule has 0 saturated heterocycles. The Morgan fingerprint density at radius 1 is 1.14 bits per heavy atom. The van der Waals surface area contributed by atoms with Gasteiger partial charge in [-0.3, -0.25) is 9.78 Å². The lowest BCUT2D eigenvalue weighted by Crippen LogP contribution is -2.59. The molecule has 1 heterocycles. The molecule has 4 saturated carbocycles. The first-order chi connectivity index (χ1) is 13.5. The summed E-state index contributed by atoms with van der Waals surface area (Å²) >= 11 is 6.23. The highest BCUT2D eigenvalue weighted by atomic mass is 35.5. The molecule has 3 nitrogen and oxygen atoms in total. The molecule has 4 aliphatic carbocycles. The van der Waals surface area contributed by atoms with Crippen LogP contribution >= 0.6 is 11.6 Å². The number of amides is 1. The van der Waals surface area contributed by atoms with Gasteiger partial charge in [-0.15, -0.1) is 0 Å². The van der Waals surface area contributed by atoms with Gasteiger partial charge < -0.3 is 5.32 Å². The van der Waals surface area contributed by atoms with Crippen LogP contribution in [0.1, 0.15) is 55.2 Å². The molecule has 4 heteroatoms. The van der Waals surface area contributed by atoms with Gasteiger partial charge in [-0.25, -0.2) is 0 Å². The van der Waals surface area contributed by atoms with Crippen LogP contribution in [0.15, 0.2) is 42.7 Å². The number of rotatable bonds is 4. The Labute approximate surface area is 171 Å². The standard InChI is InChI=1S/C24H27ClN2O/c1-16-8-20(25)2-3-21(16)23-10-18-9-19(11-23)13-24(12-18,15-23)22(28)27-14-17-4-6-26-7-5-17/h2-8,18-19H,9-15H2,1H3,(H,27,28). The van der Waals surface area contributed by atoms with E-state index >= 15 is 0 Å². The lowest BCUT2D eigenvalue weighted by atomic mass is 9.42. The maximum Gasteiger partial charge on any atom is 0.226 e. The Morgan fingerprint density at radius 2 is 1.86 bits per heavy atom. The highest BCUT2D eigenvalue weighted by Crippen LogP contribution is 2.66. The third-order valence-electron chi connectivity index (χ3n) is 7.50. The highest BCUT2D eigenvalue weighted by Gasteiger charge is 2.61. The third-order valence-corrected chi connectivity index (χ3v) is 7.74. The van der Waals surface area contributed by atoms with Crippen LogP contribution in [0.25, 0.3) is 0 Å². The second-order valence-corrected chi connectivity index (χ2v) is 9.96. The van der Waals surface area contributed by atoms with Gasteiger partial charge in [0.1, 0.15) is 0 Å². The van der Waals surface area contributed by atoms with Crippen LogP contribution in [0.4, 0.5) is 0 Å². The minimum Gasteiger partial charge on any atom is -0.352 e. The summed E-state index contributed by atoms with van der Waals surface area (Å²) in [6.07, 6.45) is 10.4. The summed E-state index contributed by atoms with van der Waals surface area (Å²) in [5.41, 5.74) is 3.76. The number of aromatic nitrogens is 1. The Morgan fingerprint density at radius 3 is 2.54 bits per heavy atom. The van der Waals surface area contributed by atoms with E-state index in [4.69, 9.17) is 11.6 Å². The molecule has 0 spiro atoms. The maximum atomic E-state index is 13.4. The average molecular weight is 395 g/mol. The van der Waals surface area contributed by atoms with Gasteiger partial charge in [-0.2, -0.15) is 0 Å². The fraction of sp³-hybridized carbons (Fsp3) is 0.500. The first-order valence-electron chi connectivity index (χ1n) is 10.4. The molecule has 0 aliphatic heterocycles. The van der Waals surface area contributed by atoms with Crippen molar-refractivity contribution >= 4 is 17.5 Å². The van der Waals surface area contributed by atoms with Crippen LogP contribution in [-0.2, 0) is 16.8 Å². The fourth-order valence-corrected chi connectivity index (χ4v) is 7.16. The molecule has 2 aromatic rings. The summed E-state index contributed by atoms with van der Waals surface area (Å²) in [5.74, 6) is 1.60. The van der Waals surface area contributed by atoms with E-state index < -0.39 is 0 Å². The second kappa shape index (κ2) is 6.59. The molecular weight excluding hydrogens is 368 g/mol. The van der Waals surface area contributed by atoms with E-state index in [-0.39, 0.29) is 16.7 Å². The van der Waals surface area contributed by atoms with E-state index in [0.717, 1.165) is 29.8 Å². The van der Waals surface area contributed by atoms with Gasteiger partial charge in [-0.1, -0.05) is 17.7 Å². The van der Waals surface area contributed by atoms with Crippen LogP contribution < -0.4 is 5.32 Å². The Kier molecular flexibility index (Phi) is 4.28. The lowest BCUT2D eigenvalue weighted by Gasteiger charge is -2.61. The van der Waals surface area contributed by atoms with E-state index in [0.29, 0.717) is 18.4 Å². The molecule has 28 heavy (non-hydrogen) atoms. The summed E-state index contributed by atoms with van der Waals surface area (Å²) in [6.45, 7) is 2.77. The Hall–Kier alpha value is -1.87. The molecule has 1 aromatic carbocycles. The van der Waals surface area contributed by atoms with Gasteiger partial charge in [0, 0.05) is 24.0 Å². The van der Waals surface area contributed by atoms with Crippen molar-refractivity contribution in [1.82, 2.24) is 10.3 Å². The van der Waals surface area contributed by atoms with E-state index in [1.54, 1.807) is 12.4 Å². The second-order valence-electron chi connectivity index (χ2n) is 9.52. The number of hydrogen-bond acceptors (Lipinski definition) is 2. The Bertz CT molecular complexity index is 896. The monoisotopic (exact) mass is 394 g/mol. The SMILES string of the molecule is Cc1cc(Cl)ccc1C12CC3CC(CC(C(=O)NCc4ccncc4)(C3)C1)C2. The molecule has 4 aliphatic rings. The quantitative estimate of drug-likeness (QED) is 0.774. The molecule has 146 valence electrons. The number of aryl methyl sites for hydroxylation is 1. The van der Waals surface area contributed by atoms with Crippen molar-refractivity contribution in [3.05, 3.63) is 64.4 Å². The predicted octanol–water partition coefficient (Wildman–Crippen LogP) is 5.20. The van der Waals surface area contributed by atoms with Crippen LogP contribution in [0.5, 0.6) is 0 Å². The van der Waals surface area contributed by atoms with Gasteiger partial charge in [0.2, 0.25) is 5.91 Å². The first-order valence-corrected chi connectivity index (χ1v) is 10.8. The van der Waals surface area contributed by atoms with Crippen molar-refractivity contribution in [1.29, 1.82) is 0 Å². The van der Waals surface area contributed by atoms with Gasteiger partial charge >= 0.3 is 0 Å². The van der Waals surface area contributed by atoms with Gasteiger partial charge in [0.15, 0.2) is 0 Å². The topological polar surface area (TPSA) is 42.0 Å². The van der Waals surface area contributed by atoms with E-state index in [1.807, 2.05) is 18.2 Å². The molecule has 4 bridgehead atoms. The average Bonchev–Trinajstić information content (AvgIpc) is 2.65. The van der Waals surface area contributed by atoms with Crippen LogP contribution in [-0.4, -0.2) is 10.9 Å². The molecular formula is C24H27ClN2O. The number of hydrogen-bond donors (Lipinski definition) is 1. The van der Waals surface area contributed by atoms with E-state index in [1.165, 1.54) is 30.4 Å². The van der Waals surface area contributed by atoms with Crippen molar-refractivity contribution in [2.45, 2.75) is 57.4 Å². The molecule has 0 radical (unpaired) electrons. The van der Waals surface area contributed by atoms with Gasteiger partial charge in [0.25, 0.3) is 0 Å². The summed E-state index contributed by atoms with van der Waals surface area (Å²) in [6, 6.07) is 10.3. The highest BCUT2D eigenvalue weighted by molar-refractivity contribution is 6.30. The maximum absolute atomic E-state index is 13.4.